The number of aryl methyl sites for hydroxylation is 1. The van der Waals surface area contributed by atoms with Gasteiger partial charge in [-0.3, -0.25) is 0 Å². The molecule has 0 atom stereocenters. The van der Waals surface area contributed by atoms with Crippen LogP contribution in [0.25, 0.3) is 27.1 Å². The van der Waals surface area contributed by atoms with Crippen molar-refractivity contribution < 1.29 is 17.5 Å². The molecule has 0 aliphatic heterocycles. The Morgan fingerprint density at radius 3 is 2.73 bits per heavy atom. The predicted molar refractivity (Wildman–Crippen MR) is 110 cm³/mol. The van der Waals surface area contributed by atoms with Crippen molar-refractivity contribution in [3.8, 4) is 0 Å². The van der Waals surface area contributed by atoms with Crippen LogP contribution in [0.2, 0.25) is 0 Å². The third kappa shape index (κ3) is 4.28. The minimum absolute atomic E-state index is 0.313. The number of hydrogen-bond acceptors (Lipinski definition) is 5. The quantitative estimate of drug-likeness (QED) is 0.430. The normalized spacial score (nSPS) is 13.0. The Bertz CT molecular complexity index is 1060. The lowest BCUT2D eigenvalue weighted by Gasteiger charge is -2.05. The molecule has 0 radical (unpaired) electrons. The zero-order valence-electron chi connectivity index (χ0n) is 14.8. The minimum Gasteiger partial charge on any atom is -0.748 e. The number of benzene rings is 2. The first-order chi connectivity index (χ1) is 12.4. The highest BCUT2D eigenvalue weighted by atomic mass is 32.2. The minimum atomic E-state index is -4.20. The second-order valence-corrected chi connectivity index (χ2v) is 9.53. The zero-order valence-corrected chi connectivity index (χ0v) is 17.2. The molecule has 0 aliphatic rings. The molecule has 0 bridgehead atoms. The molecule has 2 aromatic carbocycles. The molecule has 138 valence electrons. The van der Waals surface area contributed by atoms with Crippen molar-refractivity contribution in [2.75, 3.05) is 12.0 Å². The van der Waals surface area contributed by atoms with Gasteiger partial charge in [0.1, 0.15) is 4.70 Å². The molecule has 0 fully saturated rings. The van der Waals surface area contributed by atoms with Crippen LogP contribution in [0.5, 0.6) is 0 Å². The van der Waals surface area contributed by atoms with Crippen molar-refractivity contribution in [2.24, 2.45) is 0 Å². The van der Waals surface area contributed by atoms with Crippen LogP contribution in [0.1, 0.15) is 24.8 Å². The van der Waals surface area contributed by atoms with E-state index >= 15 is 0 Å². The topological polar surface area (TPSA) is 61.1 Å². The maximum absolute atomic E-state index is 11.0. The maximum atomic E-state index is 11.0. The van der Waals surface area contributed by atoms with E-state index in [2.05, 4.69) is 48.1 Å². The van der Waals surface area contributed by atoms with E-state index in [0.717, 1.165) is 32.4 Å². The molecule has 0 N–H and O–H groups in total. The molecule has 1 aromatic heterocycles. The molecule has 0 spiro atoms. The first-order valence-electron chi connectivity index (χ1n) is 8.45. The van der Waals surface area contributed by atoms with Gasteiger partial charge in [0.25, 0.3) is 5.01 Å². The van der Waals surface area contributed by atoms with Crippen LogP contribution in [-0.4, -0.2) is 25.0 Å². The molecule has 3 rings (SSSR count). The van der Waals surface area contributed by atoms with Crippen LogP contribution in [0.15, 0.2) is 41.3 Å². The number of nitrogens with zero attached hydrogens (tertiary/aromatic N) is 1. The lowest BCUT2D eigenvalue weighted by atomic mass is 10.1. The molecular formula is C19H21NO3S3. The summed E-state index contributed by atoms with van der Waals surface area (Å²) in [6, 6.07) is 12.4. The van der Waals surface area contributed by atoms with E-state index in [1.54, 1.807) is 23.1 Å². The highest BCUT2D eigenvalue weighted by molar-refractivity contribution is 8.02. The smallest absolute Gasteiger partial charge is 0.263 e. The lowest BCUT2D eigenvalue weighted by Crippen LogP contribution is -2.36. The number of fused-ring (bicyclic) bond motifs is 3. The monoisotopic (exact) mass is 407 g/mol. The van der Waals surface area contributed by atoms with Gasteiger partial charge in [-0.05, 0) is 35.1 Å². The van der Waals surface area contributed by atoms with E-state index in [1.165, 1.54) is 4.91 Å². The van der Waals surface area contributed by atoms with Gasteiger partial charge in [-0.25, -0.2) is 8.42 Å². The van der Waals surface area contributed by atoms with Crippen molar-refractivity contribution in [1.82, 2.24) is 0 Å². The molecule has 0 aliphatic carbocycles. The fourth-order valence-corrected chi connectivity index (χ4v) is 5.29. The van der Waals surface area contributed by atoms with E-state index < -0.39 is 10.1 Å². The van der Waals surface area contributed by atoms with Gasteiger partial charge in [0.15, 0.2) is 6.54 Å². The molecule has 26 heavy (non-hydrogen) atoms. The molecule has 3 aromatic rings. The average molecular weight is 408 g/mol. The summed E-state index contributed by atoms with van der Waals surface area (Å²) in [4.78, 5) is 1.27. The van der Waals surface area contributed by atoms with Crippen molar-refractivity contribution in [3.63, 3.8) is 0 Å². The van der Waals surface area contributed by atoms with Crippen LogP contribution >= 0.6 is 23.1 Å². The van der Waals surface area contributed by atoms with E-state index in [1.807, 2.05) is 12.1 Å². The summed E-state index contributed by atoms with van der Waals surface area (Å²) in [5, 5.41) is 3.39. The maximum Gasteiger partial charge on any atom is 0.263 e. The third-order valence-electron chi connectivity index (χ3n) is 4.29. The molecule has 4 nitrogen and oxygen atoms in total. The average Bonchev–Trinajstić information content (AvgIpc) is 2.96. The van der Waals surface area contributed by atoms with E-state index in [4.69, 9.17) is 0 Å². The predicted octanol–water partition coefficient (Wildman–Crippen LogP) is 4.39. The Kier molecular flexibility index (Phi) is 6.02. The summed E-state index contributed by atoms with van der Waals surface area (Å²) in [6.07, 6.45) is 5.50. The SMILES string of the molecule is CC/C(=C/c1sc2ccc3ccccc3c2[n+]1CCCS(=O)(=O)[O-])SC. The summed E-state index contributed by atoms with van der Waals surface area (Å²) < 4.78 is 36.4. The Morgan fingerprint density at radius 1 is 1.27 bits per heavy atom. The van der Waals surface area contributed by atoms with Crippen LogP contribution < -0.4 is 4.57 Å². The number of thiazole rings is 1. The van der Waals surface area contributed by atoms with Gasteiger partial charge < -0.3 is 4.55 Å². The lowest BCUT2D eigenvalue weighted by molar-refractivity contribution is -0.667. The van der Waals surface area contributed by atoms with Gasteiger partial charge in [0.2, 0.25) is 5.52 Å². The molecule has 7 heteroatoms. The molecule has 0 saturated heterocycles. The van der Waals surface area contributed by atoms with Gasteiger partial charge in [0, 0.05) is 18.2 Å². The summed E-state index contributed by atoms with van der Waals surface area (Å²) in [5.41, 5.74) is 1.11. The summed E-state index contributed by atoms with van der Waals surface area (Å²) in [5.74, 6) is -0.339. The van der Waals surface area contributed by atoms with Crippen molar-refractivity contribution >= 4 is 60.3 Å². The summed E-state index contributed by atoms with van der Waals surface area (Å²) in [6.45, 7) is 2.63. The van der Waals surface area contributed by atoms with Crippen LogP contribution in [0.3, 0.4) is 0 Å². The van der Waals surface area contributed by atoms with Gasteiger partial charge >= 0.3 is 0 Å². The van der Waals surface area contributed by atoms with Gasteiger partial charge in [-0.15, -0.1) is 11.8 Å². The Balaban J connectivity index is 2.17. The Labute approximate surface area is 162 Å². The van der Waals surface area contributed by atoms with Gasteiger partial charge in [-0.2, -0.15) is 4.57 Å². The standard InChI is InChI=1S/C19H21NO3S3/c1-3-15(24-2)13-18-20(11-6-12-26(21,22)23)19-16-8-5-4-7-14(16)9-10-17(19)25-18/h4-5,7-10,13H,3,6,11-12H2,1-2H3/b15-13-. The molecule has 0 saturated carbocycles. The number of allylic oxidation sites excluding steroid dienone is 1. The number of rotatable bonds is 7. The first kappa shape index (κ1) is 19.4. The van der Waals surface area contributed by atoms with Gasteiger partial charge in [0.05, 0.1) is 15.5 Å². The highest BCUT2D eigenvalue weighted by Gasteiger charge is 2.21. The second-order valence-electron chi connectivity index (χ2n) is 6.01. The molecular weight excluding hydrogens is 386 g/mol. The molecule has 1 heterocycles. The first-order valence-corrected chi connectivity index (χ1v) is 12.1. The van der Waals surface area contributed by atoms with Crippen LogP contribution in [0.4, 0.5) is 0 Å². The highest BCUT2D eigenvalue weighted by Crippen LogP contribution is 2.30. The second kappa shape index (κ2) is 8.08. The number of hydrogen-bond donors (Lipinski definition) is 0. The zero-order chi connectivity index (χ0) is 18.7. The Hall–Kier alpha value is -1.41. The summed E-state index contributed by atoms with van der Waals surface area (Å²) >= 11 is 3.43. The van der Waals surface area contributed by atoms with E-state index in [-0.39, 0.29) is 5.75 Å². The molecule has 0 amide bonds. The van der Waals surface area contributed by atoms with E-state index in [9.17, 15) is 13.0 Å². The largest absolute Gasteiger partial charge is 0.748 e. The van der Waals surface area contributed by atoms with Crippen molar-refractivity contribution in [1.29, 1.82) is 0 Å². The van der Waals surface area contributed by atoms with Crippen molar-refractivity contribution in [2.45, 2.75) is 26.3 Å². The Morgan fingerprint density at radius 2 is 2.04 bits per heavy atom. The number of thioether (sulfide) groups is 1. The van der Waals surface area contributed by atoms with Crippen LogP contribution in [0, 0.1) is 0 Å². The van der Waals surface area contributed by atoms with Crippen LogP contribution in [-0.2, 0) is 16.7 Å². The number of aromatic nitrogens is 1. The fraction of sp³-hybridized carbons (Fsp3) is 0.316. The van der Waals surface area contributed by atoms with E-state index in [0.29, 0.717) is 13.0 Å². The van der Waals surface area contributed by atoms with Crippen molar-refractivity contribution in [3.05, 3.63) is 46.3 Å². The van der Waals surface area contributed by atoms with Gasteiger partial charge in [-0.1, -0.05) is 42.5 Å². The summed E-state index contributed by atoms with van der Waals surface area (Å²) in [7, 11) is -4.20. The fourth-order valence-electron chi connectivity index (χ4n) is 3.05. The third-order valence-corrected chi connectivity index (χ3v) is 7.10. The molecule has 0 unspecified atom stereocenters.